The highest BCUT2D eigenvalue weighted by Crippen LogP contribution is 2.17. The third-order valence-electron chi connectivity index (χ3n) is 3.70. The minimum atomic E-state index is -3.19. The Hall–Kier alpha value is -2.13. The summed E-state index contributed by atoms with van der Waals surface area (Å²) in [5.74, 6) is 1.33. The van der Waals surface area contributed by atoms with Crippen molar-refractivity contribution >= 4 is 27.1 Å². The van der Waals surface area contributed by atoms with Crippen LogP contribution in [0, 0.1) is 13.8 Å². The molecule has 2 N–H and O–H groups in total. The van der Waals surface area contributed by atoms with Gasteiger partial charge in [-0.15, -0.1) is 11.3 Å². The number of aryl methyl sites for hydroxylation is 2. The van der Waals surface area contributed by atoms with E-state index in [2.05, 4.69) is 27.5 Å². The number of sulfone groups is 1. The first-order chi connectivity index (χ1) is 12.8. The number of guanidine groups is 1. The van der Waals surface area contributed by atoms with Gasteiger partial charge in [0.25, 0.3) is 0 Å². The smallest absolute Gasteiger partial charge is 0.191 e. The standard InChI is InChI=1S/C18H26N4O3S2/c1-5-19-18(21-12-17-22-13(2)14(3)26-17)20-10-11-25-15-6-8-16(9-7-15)27(4,23)24/h6-9H,5,10-12H2,1-4H3,(H2,19,20,21). The molecule has 0 amide bonds. The minimum Gasteiger partial charge on any atom is -0.492 e. The maximum atomic E-state index is 11.5. The molecule has 9 heteroatoms. The van der Waals surface area contributed by atoms with Crippen LogP contribution in [0.1, 0.15) is 22.5 Å². The van der Waals surface area contributed by atoms with Gasteiger partial charge in [-0.1, -0.05) is 0 Å². The van der Waals surface area contributed by atoms with Crippen LogP contribution < -0.4 is 15.4 Å². The van der Waals surface area contributed by atoms with E-state index in [1.54, 1.807) is 35.6 Å². The van der Waals surface area contributed by atoms with Crippen molar-refractivity contribution < 1.29 is 13.2 Å². The molecular formula is C18H26N4O3S2. The fourth-order valence-electron chi connectivity index (χ4n) is 2.22. The quantitative estimate of drug-likeness (QED) is 0.394. The normalized spacial score (nSPS) is 12.1. The van der Waals surface area contributed by atoms with Gasteiger partial charge in [-0.3, -0.25) is 0 Å². The zero-order valence-electron chi connectivity index (χ0n) is 16.1. The molecule has 0 atom stereocenters. The summed E-state index contributed by atoms with van der Waals surface area (Å²) in [7, 11) is -3.19. The molecule has 0 radical (unpaired) electrons. The predicted molar refractivity (Wildman–Crippen MR) is 109 cm³/mol. The molecule has 0 unspecified atom stereocenters. The Balaban J connectivity index is 1.82. The van der Waals surface area contributed by atoms with E-state index in [0.29, 0.717) is 31.4 Å². The summed E-state index contributed by atoms with van der Waals surface area (Å²) in [5, 5.41) is 7.39. The molecule has 1 heterocycles. The second kappa shape index (κ2) is 9.70. The molecular weight excluding hydrogens is 384 g/mol. The van der Waals surface area contributed by atoms with Crippen LogP contribution in [0.25, 0.3) is 0 Å². The van der Waals surface area contributed by atoms with Gasteiger partial charge in [-0.05, 0) is 45.0 Å². The SMILES string of the molecule is CCNC(=NCc1nc(C)c(C)s1)NCCOc1ccc(S(C)(=O)=O)cc1. The van der Waals surface area contributed by atoms with Gasteiger partial charge < -0.3 is 15.4 Å². The Kier molecular flexibility index (Phi) is 7.61. The van der Waals surface area contributed by atoms with E-state index in [9.17, 15) is 8.42 Å². The van der Waals surface area contributed by atoms with Crippen LogP contribution in [0.15, 0.2) is 34.2 Å². The van der Waals surface area contributed by atoms with Crippen LogP contribution in [-0.4, -0.2) is 45.3 Å². The summed E-state index contributed by atoms with van der Waals surface area (Å²) in [6.45, 7) is 8.35. The van der Waals surface area contributed by atoms with Crippen molar-refractivity contribution in [1.82, 2.24) is 15.6 Å². The van der Waals surface area contributed by atoms with Crippen LogP contribution in [-0.2, 0) is 16.4 Å². The lowest BCUT2D eigenvalue weighted by atomic mass is 10.3. The topological polar surface area (TPSA) is 92.7 Å². The monoisotopic (exact) mass is 410 g/mol. The molecule has 1 aromatic heterocycles. The van der Waals surface area contributed by atoms with E-state index in [0.717, 1.165) is 17.2 Å². The van der Waals surface area contributed by atoms with Crippen molar-refractivity contribution in [3.05, 3.63) is 39.8 Å². The first kappa shape index (κ1) is 21.2. The molecule has 27 heavy (non-hydrogen) atoms. The molecule has 2 aromatic rings. The number of benzene rings is 1. The number of nitrogens with one attached hydrogen (secondary N) is 2. The van der Waals surface area contributed by atoms with Gasteiger partial charge in [0.2, 0.25) is 0 Å². The lowest BCUT2D eigenvalue weighted by Crippen LogP contribution is -2.39. The first-order valence-electron chi connectivity index (χ1n) is 8.67. The van der Waals surface area contributed by atoms with Crippen LogP contribution in [0.4, 0.5) is 0 Å². The average Bonchev–Trinajstić information content (AvgIpc) is 2.94. The molecule has 1 aromatic carbocycles. The van der Waals surface area contributed by atoms with Crippen molar-refractivity contribution in [3.8, 4) is 5.75 Å². The lowest BCUT2D eigenvalue weighted by molar-refractivity contribution is 0.321. The van der Waals surface area contributed by atoms with Crippen molar-refractivity contribution in [2.75, 3.05) is 26.0 Å². The van der Waals surface area contributed by atoms with Gasteiger partial charge in [-0.25, -0.2) is 18.4 Å². The van der Waals surface area contributed by atoms with E-state index in [1.807, 2.05) is 13.8 Å². The molecule has 148 valence electrons. The highest BCUT2D eigenvalue weighted by molar-refractivity contribution is 7.90. The van der Waals surface area contributed by atoms with Crippen LogP contribution in [0.2, 0.25) is 0 Å². The van der Waals surface area contributed by atoms with E-state index >= 15 is 0 Å². The van der Waals surface area contributed by atoms with Gasteiger partial charge in [0.1, 0.15) is 17.4 Å². The molecule has 0 aliphatic heterocycles. The number of ether oxygens (including phenoxy) is 1. The molecule has 0 bridgehead atoms. The summed E-state index contributed by atoms with van der Waals surface area (Å²) in [4.78, 5) is 10.5. The highest BCUT2D eigenvalue weighted by Gasteiger charge is 2.07. The Bertz CT molecular complexity index is 855. The number of nitrogens with zero attached hydrogens (tertiary/aromatic N) is 2. The van der Waals surface area contributed by atoms with Crippen molar-refractivity contribution in [1.29, 1.82) is 0 Å². The van der Waals surface area contributed by atoms with E-state index < -0.39 is 9.84 Å². The van der Waals surface area contributed by atoms with Crippen LogP contribution in [0.3, 0.4) is 0 Å². The number of aliphatic imine (C=N–C) groups is 1. The molecule has 0 aliphatic rings. The molecule has 0 saturated carbocycles. The zero-order chi connectivity index (χ0) is 19.9. The van der Waals surface area contributed by atoms with Crippen molar-refractivity contribution in [2.45, 2.75) is 32.2 Å². The summed E-state index contributed by atoms with van der Waals surface area (Å²) in [5.41, 5.74) is 1.05. The number of rotatable bonds is 8. The Morgan fingerprint density at radius 3 is 2.48 bits per heavy atom. The van der Waals surface area contributed by atoms with Crippen molar-refractivity contribution in [2.24, 2.45) is 4.99 Å². The molecule has 2 rings (SSSR count). The van der Waals surface area contributed by atoms with Gasteiger partial charge in [0.05, 0.1) is 23.7 Å². The van der Waals surface area contributed by atoms with Crippen LogP contribution >= 0.6 is 11.3 Å². The Labute approximate surface area is 164 Å². The fraction of sp³-hybridized carbons (Fsp3) is 0.444. The molecule has 0 aliphatic carbocycles. The molecule has 0 spiro atoms. The van der Waals surface area contributed by atoms with Gasteiger partial charge in [0.15, 0.2) is 15.8 Å². The molecule has 0 saturated heterocycles. The van der Waals surface area contributed by atoms with E-state index in [1.165, 1.54) is 11.1 Å². The van der Waals surface area contributed by atoms with Gasteiger partial charge in [-0.2, -0.15) is 0 Å². The maximum Gasteiger partial charge on any atom is 0.191 e. The summed E-state index contributed by atoms with van der Waals surface area (Å²) >= 11 is 1.66. The predicted octanol–water partition coefficient (Wildman–Crippen LogP) is 2.30. The number of thiazole rings is 1. The number of hydrogen-bond acceptors (Lipinski definition) is 6. The first-order valence-corrected chi connectivity index (χ1v) is 11.4. The summed E-state index contributed by atoms with van der Waals surface area (Å²) in [6.07, 6.45) is 1.18. The zero-order valence-corrected chi connectivity index (χ0v) is 17.7. The second-order valence-corrected chi connectivity index (χ2v) is 9.27. The number of hydrogen-bond donors (Lipinski definition) is 2. The van der Waals surface area contributed by atoms with Gasteiger partial charge >= 0.3 is 0 Å². The summed E-state index contributed by atoms with van der Waals surface area (Å²) < 4.78 is 28.5. The van der Waals surface area contributed by atoms with Crippen molar-refractivity contribution in [3.63, 3.8) is 0 Å². The maximum absolute atomic E-state index is 11.5. The summed E-state index contributed by atoms with van der Waals surface area (Å²) in [6, 6.07) is 6.40. The molecule has 7 nitrogen and oxygen atoms in total. The highest BCUT2D eigenvalue weighted by atomic mass is 32.2. The fourth-order valence-corrected chi connectivity index (χ4v) is 3.71. The van der Waals surface area contributed by atoms with E-state index in [4.69, 9.17) is 4.74 Å². The minimum absolute atomic E-state index is 0.280. The average molecular weight is 411 g/mol. The third-order valence-corrected chi connectivity index (χ3v) is 5.89. The number of aromatic nitrogens is 1. The Morgan fingerprint density at radius 2 is 1.93 bits per heavy atom. The Morgan fingerprint density at radius 1 is 1.22 bits per heavy atom. The largest absolute Gasteiger partial charge is 0.492 e. The van der Waals surface area contributed by atoms with E-state index in [-0.39, 0.29) is 4.90 Å². The molecule has 0 fully saturated rings. The third kappa shape index (κ3) is 6.84. The second-order valence-electron chi connectivity index (χ2n) is 5.96. The van der Waals surface area contributed by atoms with Crippen LogP contribution in [0.5, 0.6) is 5.75 Å². The van der Waals surface area contributed by atoms with Gasteiger partial charge in [0, 0.05) is 17.7 Å². The lowest BCUT2D eigenvalue weighted by Gasteiger charge is -2.12.